The van der Waals surface area contributed by atoms with E-state index < -0.39 is 0 Å². The van der Waals surface area contributed by atoms with Gasteiger partial charge in [-0.3, -0.25) is 0 Å². The number of hydrogen-bond donors (Lipinski definition) is 0. The van der Waals surface area contributed by atoms with Crippen molar-refractivity contribution < 1.29 is 8.83 Å². The predicted octanol–water partition coefficient (Wildman–Crippen LogP) is 5.46. The first-order valence-electron chi connectivity index (χ1n) is 8.40. The van der Waals surface area contributed by atoms with E-state index in [2.05, 4.69) is 39.1 Å². The van der Waals surface area contributed by atoms with Gasteiger partial charge in [0.2, 0.25) is 5.89 Å². The molecule has 0 aliphatic rings. The summed E-state index contributed by atoms with van der Waals surface area (Å²) < 4.78 is 12.1. The molecule has 0 aliphatic heterocycles. The Kier molecular flexibility index (Phi) is 5.13. The van der Waals surface area contributed by atoms with Crippen molar-refractivity contribution in [3.8, 4) is 11.5 Å². The van der Waals surface area contributed by atoms with Crippen LogP contribution in [0.5, 0.6) is 0 Å². The highest BCUT2D eigenvalue weighted by atomic mass is 79.9. The monoisotopic (exact) mass is 442 g/mol. The van der Waals surface area contributed by atoms with E-state index in [1.165, 1.54) is 17.8 Å². The molecule has 4 aromatic rings. The summed E-state index contributed by atoms with van der Waals surface area (Å²) in [4.78, 5) is 11.9. The van der Waals surface area contributed by atoms with Crippen LogP contribution in [0.3, 0.4) is 0 Å². The van der Waals surface area contributed by atoms with E-state index in [1.807, 2.05) is 36.4 Å². The molecule has 136 valence electrons. The molecule has 2 heterocycles. The Balaban J connectivity index is 1.57. The SMILES string of the molecule is CCc1ccc2c(CSc3nnc(-c4ccc(Br)cc4)o3)cc(=O)oc2c1. The fraction of sp³-hybridized carbons (Fsp3) is 0.150. The molecule has 0 unspecified atom stereocenters. The summed E-state index contributed by atoms with van der Waals surface area (Å²) in [6.07, 6.45) is 0.888. The van der Waals surface area contributed by atoms with Gasteiger partial charge in [0.1, 0.15) is 5.58 Å². The number of aromatic nitrogens is 2. The molecule has 7 heteroatoms. The molecule has 2 aromatic heterocycles. The van der Waals surface area contributed by atoms with Gasteiger partial charge in [0.25, 0.3) is 5.22 Å². The molecule has 0 aliphatic carbocycles. The molecular weight excluding hydrogens is 428 g/mol. The summed E-state index contributed by atoms with van der Waals surface area (Å²) in [5, 5.41) is 9.57. The van der Waals surface area contributed by atoms with Gasteiger partial charge in [-0.2, -0.15) is 0 Å². The maximum absolute atomic E-state index is 11.9. The minimum atomic E-state index is -0.354. The van der Waals surface area contributed by atoms with Crippen molar-refractivity contribution in [1.82, 2.24) is 10.2 Å². The number of nitrogens with zero attached hydrogens (tertiary/aromatic N) is 2. The average molecular weight is 443 g/mol. The number of thioether (sulfide) groups is 1. The molecule has 27 heavy (non-hydrogen) atoms. The van der Waals surface area contributed by atoms with Crippen LogP contribution in [0.25, 0.3) is 22.4 Å². The molecule has 2 aromatic carbocycles. The minimum absolute atomic E-state index is 0.354. The second-order valence-corrected chi connectivity index (χ2v) is 7.79. The summed E-state index contributed by atoms with van der Waals surface area (Å²) in [6.45, 7) is 2.07. The summed E-state index contributed by atoms with van der Waals surface area (Å²) in [5.41, 5.74) is 3.13. The maximum atomic E-state index is 11.9. The fourth-order valence-corrected chi connectivity index (χ4v) is 3.75. The van der Waals surface area contributed by atoms with Crippen LogP contribution >= 0.6 is 27.7 Å². The highest BCUT2D eigenvalue weighted by molar-refractivity contribution is 9.10. The third kappa shape index (κ3) is 3.99. The number of aryl methyl sites for hydroxylation is 1. The first-order valence-corrected chi connectivity index (χ1v) is 10.2. The van der Waals surface area contributed by atoms with Crippen LogP contribution in [-0.4, -0.2) is 10.2 Å². The van der Waals surface area contributed by atoms with E-state index in [1.54, 1.807) is 0 Å². The lowest BCUT2D eigenvalue weighted by Gasteiger charge is -2.05. The highest BCUT2D eigenvalue weighted by Gasteiger charge is 2.12. The smallest absolute Gasteiger partial charge is 0.336 e. The van der Waals surface area contributed by atoms with Crippen molar-refractivity contribution in [3.05, 3.63) is 74.6 Å². The Morgan fingerprint density at radius 2 is 1.85 bits per heavy atom. The Hall–Kier alpha value is -2.38. The van der Waals surface area contributed by atoms with Crippen LogP contribution in [-0.2, 0) is 12.2 Å². The van der Waals surface area contributed by atoms with Gasteiger partial charge < -0.3 is 8.83 Å². The Morgan fingerprint density at radius 3 is 2.63 bits per heavy atom. The lowest BCUT2D eigenvalue weighted by atomic mass is 10.1. The van der Waals surface area contributed by atoms with Gasteiger partial charge in [0.15, 0.2) is 0 Å². The van der Waals surface area contributed by atoms with Crippen LogP contribution in [0.2, 0.25) is 0 Å². The van der Waals surface area contributed by atoms with Gasteiger partial charge in [0.05, 0.1) is 0 Å². The summed E-state index contributed by atoms with van der Waals surface area (Å²) >= 11 is 4.80. The van der Waals surface area contributed by atoms with Crippen molar-refractivity contribution >= 4 is 38.7 Å². The van der Waals surface area contributed by atoms with Crippen LogP contribution < -0.4 is 5.63 Å². The van der Waals surface area contributed by atoms with Gasteiger partial charge >= 0.3 is 5.63 Å². The molecule has 4 rings (SSSR count). The first kappa shape index (κ1) is 18.0. The van der Waals surface area contributed by atoms with E-state index in [0.717, 1.165) is 33.0 Å². The predicted molar refractivity (Wildman–Crippen MR) is 109 cm³/mol. The lowest BCUT2D eigenvalue weighted by Crippen LogP contribution is -2.00. The van der Waals surface area contributed by atoms with E-state index in [-0.39, 0.29) is 5.63 Å². The van der Waals surface area contributed by atoms with Gasteiger partial charge in [-0.05, 0) is 47.9 Å². The van der Waals surface area contributed by atoms with Crippen molar-refractivity contribution in [2.75, 3.05) is 0 Å². The minimum Gasteiger partial charge on any atom is -0.423 e. The van der Waals surface area contributed by atoms with Crippen molar-refractivity contribution in [1.29, 1.82) is 0 Å². The molecule has 5 nitrogen and oxygen atoms in total. The zero-order chi connectivity index (χ0) is 18.8. The first-order chi connectivity index (χ1) is 13.1. The van der Waals surface area contributed by atoms with Crippen molar-refractivity contribution in [2.45, 2.75) is 24.3 Å². The highest BCUT2D eigenvalue weighted by Crippen LogP contribution is 2.29. The normalized spacial score (nSPS) is 11.2. The molecular formula is C20H15BrN2O3S. The van der Waals surface area contributed by atoms with E-state index in [9.17, 15) is 4.79 Å². The molecule has 0 amide bonds. The number of halogens is 1. The number of benzene rings is 2. The zero-order valence-corrected chi connectivity index (χ0v) is 16.8. The Morgan fingerprint density at radius 1 is 1.04 bits per heavy atom. The standard InChI is InChI=1S/C20H15BrN2O3S/c1-2-12-3-8-16-14(10-18(24)25-17(16)9-12)11-27-20-23-22-19(26-20)13-4-6-15(21)7-5-13/h3-10H,2,11H2,1H3. The number of rotatable bonds is 5. The molecule has 0 atom stereocenters. The van der Waals surface area contributed by atoms with E-state index in [4.69, 9.17) is 8.83 Å². The summed E-state index contributed by atoms with van der Waals surface area (Å²) in [5.74, 6) is 1.00. The summed E-state index contributed by atoms with van der Waals surface area (Å²) in [6, 6.07) is 15.2. The lowest BCUT2D eigenvalue weighted by molar-refractivity contribution is 0.466. The van der Waals surface area contributed by atoms with E-state index in [0.29, 0.717) is 22.4 Å². The molecule has 0 fully saturated rings. The third-order valence-corrected chi connectivity index (χ3v) is 5.55. The molecule has 0 saturated heterocycles. The molecule has 0 spiro atoms. The quantitative estimate of drug-likeness (QED) is 0.301. The van der Waals surface area contributed by atoms with Crippen LogP contribution in [0, 0.1) is 0 Å². The van der Waals surface area contributed by atoms with Gasteiger partial charge in [0, 0.05) is 27.2 Å². The fourth-order valence-electron chi connectivity index (χ4n) is 2.73. The molecule has 0 N–H and O–H groups in total. The number of hydrogen-bond acceptors (Lipinski definition) is 6. The second kappa shape index (κ2) is 7.70. The van der Waals surface area contributed by atoms with Gasteiger partial charge in [-0.25, -0.2) is 4.79 Å². The zero-order valence-electron chi connectivity index (χ0n) is 14.4. The average Bonchev–Trinajstić information content (AvgIpc) is 3.15. The van der Waals surface area contributed by atoms with Gasteiger partial charge in [-0.15, -0.1) is 10.2 Å². The van der Waals surface area contributed by atoms with Gasteiger partial charge in [-0.1, -0.05) is 46.7 Å². The maximum Gasteiger partial charge on any atom is 0.336 e. The summed E-state index contributed by atoms with van der Waals surface area (Å²) in [7, 11) is 0. The van der Waals surface area contributed by atoms with Crippen molar-refractivity contribution in [2.24, 2.45) is 0 Å². The molecule has 0 radical (unpaired) electrons. The molecule has 0 saturated carbocycles. The van der Waals surface area contributed by atoms with Crippen LogP contribution in [0.4, 0.5) is 0 Å². The Labute approximate surface area is 167 Å². The van der Waals surface area contributed by atoms with Crippen LogP contribution in [0.1, 0.15) is 18.1 Å². The Bertz CT molecular complexity index is 1150. The van der Waals surface area contributed by atoms with Crippen LogP contribution in [0.15, 0.2) is 71.9 Å². The third-order valence-electron chi connectivity index (χ3n) is 4.15. The van der Waals surface area contributed by atoms with E-state index >= 15 is 0 Å². The molecule has 0 bridgehead atoms. The number of fused-ring (bicyclic) bond motifs is 1. The second-order valence-electron chi connectivity index (χ2n) is 5.94. The topological polar surface area (TPSA) is 69.1 Å². The largest absolute Gasteiger partial charge is 0.423 e. The van der Waals surface area contributed by atoms with Crippen molar-refractivity contribution in [3.63, 3.8) is 0 Å².